The third-order valence-corrected chi connectivity index (χ3v) is 4.70. The van der Waals surface area contributed by atoms with E-state index in [1.165, 1.54) is 24.9 Å². The Labute approximate surface area is 123 Å². The van der Waals surface area contributed by atoms with Gasteiger partial charge in [-0.05, 0) is 51.4 Å². The maximum Gasteiger partial charge on any atom is 0.0322 e. The minimum atomic E-state index is 0.0964. The van der Waals surface area contributed by atoms with E-state index in [0.29, 0.717) is 6.04 Å². The van der Waals surface area contributed by atoms with E-state index in [0.717, 1.165) is 26.1 Å². The zero-order valence-corrected chi connectivity index (χ0v) is 12.9. The SMILES string of the molecule is CCN1CCCC(CN)(NC(C)c2ccccc2)CC1. The first-order valence-corrected chi connectivity index (χ1v) is 7.94. The maximum absolute atomic E-state index is 6.14. The molecule has 0 bridgehead atoms. The van der Waals surface area contributed by atoms with Gasteiger partial charge < -0.3 is 16.0 Å². The Morgan fingerprint density at radius 1 is 1.25 bits per heavy atom. The Hall–Kier alpha value is -0.900. The molecule has 3 N–H and O–H groups in total. The number of hydrogen-bond acceptors (Lipinski definition) is 3. The smallest absolute Gasteiger partial charge is 0.0322 e. The molecule has 1 fully saturated rings. The standard InChI is InChI=1S/C17H29N3/c1-3-20-12-7-10-17(14-18,11-13-20)19-15(2)16-8-5-4-6-9-16/h4-6,8-9,15,19H,3,7,10-14,18H2,1-2H3. The van der Waals surface area contributed by atoms with Gasteiger partial charge in [-0.25, -0.2) is 0 Å². The first-order valence-electron chi connectivity index (χ1n) is 7.94. The molecule has 0 aromatic heterocycles. The lowest BCUT2D eigenvalue weighted by Gasteiger charge is -2.36. The highest BCUT2D eigenvalue weighted by molar-refractivity contribution is 5.19. The number of nitrogens with zero attached hydrogens (tertiary/aromatic N) is 1. The lowest BCUT2D eigenvalue weighted by atomic mass is 9.89. The molecule has 0 saturated carbocycles. The van der Waals surface area contributed by atoms with Gasteiger partial charge in [-0.15, -0.1) is 0 Å². The van der Waals surface area contributed by atoms with Crippen LogP contribution in [0.4, 0.5) is 0 Å². The lowest BCUT2D eigenvalue weighted by Crippen LogP contribution is -2.52. The van der Waals surface area contributed by atoms with Gasteiger partial charge in [-0.1, -0.05) is 37.3 Å². The van der Waals surface area contributed by atoms with E-state index in [1.54, 1.807) is 0 Å². The van der Waals surface area contributed by atoms with Gasteiger partial charge in [-0.2, -0.15) is 0 Å². The molecule has 3 heteroatoms. The summed E-state index contributed by atoms with van der Waals surface area (Å²) in [5.74, 6) is 0. The van der Waals surface area contributed by atoms with Crippen molar-refractivity contribution in [3.63, 3.8) is 0 Å². The normalized spacial score (nSPS) is 26.1. The first kappa shape index (κ1) is 15.5. The molecule has 1 heterocycles. The van der Waals surface area contributed by atoms with Crippen LogP contribution in [0.2, 0.25) is 0 Å². The Morgan fingerprint density at radius 3 is 2.65 bits per heavy atom. The van der Waals surface area contributed by atoms with Crippen LogP contribution in [0.3, 0.4) is 0 Å². The zero-order chi connectivity index (χ0) is 14.4. The third kappa shape index (κ3) is 3.81. The fourth-order valence-corrected chi connectivity index (χ4v) is 3.26. The molecule has 1 aromatic carbocycles. The average Bonchev–Trinajstić information content (AvgIpc) is 2.71. The Balaban J connectivity index is 2.04. The zero-order valence-electron chi connectivity index (χ0n) is 12.9. The highest BCUT2D eigenvalue weighted by atomic mass is 15.1. The summed E-state index contributed by atoms with van der Waals surface area (Å²) < 4.78 is 0. The molecule has 1 aliphatic heterocycles. The number of nitrogens with one attached hydrogen (secondary N) is 1. The number of nitrogens with two attached hydrogens (primary N) is 1. The van der Waals surface area contributed by atoms with Gasteiger partial charge in [0.2, 0.25) is 0 Å². The van der Waals surface area contributed by atoms with Crippen LogP contribution in [0.25, 0.3) is 0 Å². The minimum absolute atomic E-state index is 0.0964. The second kappa shape index (κ2) is 7.21. The fraction of sp³-hybridized carbons (Fsp3) is 0.647. The molecule has 3 nitrogen and oxygen atoms in total. The molecular weight excluding hydrogens is 246 g/mol. The Kier molecular flexibility index (Phi) is 5.58. The summed E-state index contributed by atoms with van der Waals surface area (Å²) in [7, 11) is 0. The van der Waals surface area contributed by atoms with Gasteiger partial charge in [0.15, 0.2) is 0 Å². The molecule has 20 heavy (non-hydrogen) atoms. The number of rotatable bonds is 5. The van der Waals surface area contributed by atoms with E-state index in [4.69, 9.17) is 5.73 Å². The monoisotopic (exact) mass is 275 g/mol. The number of likely N-dealkylation sites (tertiary alicyclic amines) is 1. The summed E-state index contributed by atoms with van der Waals surface area (Å²) in [5.41, 5.74) is 7.58. The molecule has 1 saturated heterocycles. The van der Waals surface area contributed by atoms with E-state index < -0.39 is 0 Å². The van der Waals surface area contributed by atoms with Gasteiger partial charge in [-0.3, -0.25) is 0 Å². The number of hydrogen-bond donors (Lipinski definition) is 2. The molecule has 1 aromatic rings. The molecular formula is C17H29N3. The number of benzene rings is 1. The topological polar surface area (TPSA) is 41.3 Å². The quantitative estimate of drug-likeness (QED) is 0.867. The van der Waals surface area contributed by atoms with Crippen LogP contribution in [-0.4, -0.2) is 36.6 Å². The van der Waals surface area contributed by atoms with Gasteiger partial charge in [0.1, 0.15) is 0 Å². The summed E-state index contributed by atoms with van der Waals surface area (Å²) in [4.78, 5) is 2.53. The summed E-state index contributed by atoms with van der Waals surface area (Å²) in [6.45, 7) is 8.73. The van der Waals surface area contributed by atoms with Crippen molar-refractivity contribution in [2.24, 2.45) is 5.73 Å². The van der Waals surface area contributed by atoms with E-state index >= 15 is 0 Å². The van der Waals surface area contributed by atoms with E-state index in [2.05, 4.69) is 54.4 Å². The maximum atomic E-state index is 6.14. The molecule has 0 amide bonds. The largest absolute Gasteiger partial charge is 0.329 e. The van der Waals surface area contributed by atoms with Crippen molar-refractivity contribution in [3.8, 4) is 0 Å². The summed E-state index contributed by atoms with van der Waals surface area (Å²) in [6.07, 6.45) is 3.56. The van der Waals surface area contributed by atoms with Crippen molar-refractivity contribution in [2.45, 2.75) is 44.7 Å². The summed E-state index contributed by atoms with van der Waals surface area (Å²) in [6, 6.07) is 11.0. The molecule has 0 spiro atoms. The molecule has 2 rings (SSSR count). The van der Waals surface area contributed by atoms with Gasteiger partial charge in [0.05, 0.1) is 0 Å². The minimum Gasteiger partial charge on any atom is -0.329 e. The molecule has 0 radical (unpaired) electrons. The van der Waals surface area contributed by atoms with Crippen molar-refractivity contribution >= 4 is 0 Å². The highest BCUT2D eigenvalue weighted by Crippen LogP contribution is 2.25. The van der Waals surface area contributed by atoms with Crippen LogP contribution < -0.4 is 11.1 Å². The molecule has 2 unspecified atom stereocenters. The Morgan fingerprint density at radius 2 is 2.00 bits per heavy atom. The molecule has 112 valence electrons. The van der Waals surface area contributed by atoms with Gasteiger partial charge >= 0.3 is 0 Å². The second-order valence-electron chi connectivity index (χ2n) is 6.05. The third-order valence-electron chi connectivity index (χ3n) is 4.70. The molecule has 1 aliphatic rings. The molecule has 2 atom stereocenters. The average molecular weight is 275 g/mol. The van der Waals surface area contributed by atoms with Crippen LogP contribution in [0, 0.1) is 0 Å². The van der Waals surface area contributed by atoms with Crippen LogP contribution in [0.1, 0.15) is 44.7 Å². The second-order valence-corrected chi connectivity index (χ2v) is 6.05. The first-order chi connectivity index (χ1) is 9.69. The van der Waals surface area contributed by atoms with Crippen molar-refractivity contribution < 1.29 is 0 Å². The van der Waals surface area contributed by atoms with E-state index in [1.807, 2.05) is 0 Å². The highest BCUT2D eigenvalue weighted by Gasteiger charge is 2.32. The van der Waals surface area contributed by atoms with Crippen molar-refractivity contribution in [2.75, 3.05) is 26.2 Å². The van der Waals surface area contributed by atoms with Crippen LogP contribution in [0.15, 0.2) is 30.3 Å². The van der Waals surface area contributed by atoms with Crippen molar-refractivity contribution in [3.05, 3.63) is 35.9 Å². The predicted octanol–water partition coefficient (Wildman–Crippen LogP) is 2.54. The predicted molar refractivity (Wildman–Crippen MR) is 85.7 cm³/mol. The fourth-order valence-electron chi connectivity index (χ4n) is 3.26. The summed E-state index contributed by atoms with van der Waals surface area (Å²) in [5, 5.41) is 3.83. The van der Waals surface area contributed by atoms with Crippen molar-refractivity contribution in [1.82, 2.24) is 10.2 Å². The molecule has 0 aliphatic carbocycles. The van der Waals surface area contributed by atoms with Gasteiger partial charge in [0.25, 0.3) is 0 Å². The van der Waals surface area contributed by atoms with Gasteiger partial charge in [0, 0.05) is 18.1 Å². The van der Waals surface area contributed by atoms with E-state index in [-0.39, 0.29) is 5.54 Å². The van der Waals surface area contributed by atoms with E-state index in [9.17, 15) is 0 Å². The van der Waals surface area contributed by atoms with Crippen LogP contribution >= 0.6 is 0 Å². The summed E-state index contributed by atoms with van der Waals surface area (Å²) >= 11 is 0. The lowest BCUT2D eigenvalue weighted by molar-refractivity contribution is 0.250. The Bertz CT molecular complexity index is 392. The van der Waals surface area contributed by atoms with Crippen LogP contribution in [-0.2, 0) is 0 Å². The van der Waals surface area contributed by atoms with Crippen LogP contribution in [0.5, 0.6) is 0 Å². The van der Waals surface area contributed by atoms with Crippen molar-refractivity contribution in [1.29, 1.82) is 0 Å².